The van der Waals surface area contributed by atoms with Crippen LogP contribution in [0.15, 0.2) is 24.3 Å². The number of likely N-dealkylation sites (tertiary alicyclic amines) is 1. The second-order valence-corrected chi connectivity index (χ2v) is 9.00. The lowest BCUT2D eigenvalue weighted by Gasteiger charge is -2.23. The summed E-state index contributed by atoms with van der Waals surface area (Å²) in [6, 6.07) is 7.84. The van der Waals surface area contributed by atoms with E-state index >= 15 is 0 Å². The highest BCUT2D eigenvalue weighted by Gasteiger charge is 2.25. The van der Waals surface area contributed by atoms with Crippen molar-refractivity contribution in [3.8, 4) is 0 Å². The minimum absolute atomic E-state index is 0.0985. The Morgan fingerprint density at radius 1 is 1.31 bits per heavy atom. The minimum Gasteiger partial charge on any atom is -0.390 e. The van der Waals surface area contributed by atoms with Crippen molar-refractivity contribution >= 4 is 5.91 Å². The third-order valence-electron chi connectivity index (χ3n) is 5.10. The maximum absolute atomic E-state index is 12.7. The SMILES string of the molecule is CC(C)CN1CC[C@@H](CN(C)C(=O)c2ccc(CCC(C)(C)O)cc2)C1. The summed E-state index contributed by atoms with van der Waals surface area (Å²) in [6.45, 7) is 12.4. The fourth-order valence-corrected chi connectivity index (χ4v) is 3.70. The van der Waals surface area contributed by atoms with Gasteiger partial charge >= 0.3 is 0 Å². The molecule has 0 spiro atoms. The molecule has 1 N–H and O–H groups in total. The highest BCUT2D eigenvalue weighted by atomic mass is 16.3. The first-order valence-electron chi connectivity index (χ1n) is 9.93. The average Bonchev–Trinajstić information content (AvgIpc) is 2.98. The van der Waals surface area contributed by atoms with Crippen molar-refractivity contribution in [3.63, 3.8) is 0 Å². The lowest BCUT2D eigenvalue weighted by atomic mass is 9.98. The molecule has 26 heavy (non-hydrogen) atoms. The minimum atomic E-state index is -0.653. The van der Waals surface area contributed by atoms with E-state index in [1.165, 1.54) is 6.42 Å². The summed E-state index contributed by atoms with van der Waals surface area (Å²) in [4.78, 5) is 17.1. The Morgan fingerprint density at radius 3 is 2.54 bits per heavy atom. The van der Waals surface area contributed by atoms with Crippen molar-refractivity contribution < 1.29 is 9.90 Å². The van der Waals surface area contributed by atoms with Crippen LogP contribution in [0.3, 0.4) is 0 Å². The summed E-state index contributed by atoms with van der Waals surface area (Å²) in [5.74, 6) is 1.37. The van der Waals surface area contributed by atoms with Crippen molar-refractivity contribution in [3.05, 3.63) is 35.4 Å². The average molecular weight is 361 g/mol. The predicted octanol–water partition coefficient (Wildman–Crippen LogP) is 3.44. The zero-order valence-electron chi connectivity index (χ0n) is 17.2. The van der Waals surface area contributed by atoms with Crippen molar-refractivity contribution in [2.75, 3.05) is 33.2 Å². The zero-order valence-corrected chi connectivity index (χ0v) is 17.2. The number of aryl methyl sites for hydroxylation is 1. The van der Waals surface area contributed by atoms with Crippen LogP contribution in [-0.2, 0) is 6.42 Å². The molecule has 1 atom stereocenters. The molecular weight excluding hydrogens is 324 g/mol. The molecular formula is C22H36N2O2. The van der Waals surface area contributed by atoms with E-state index in [4.69, 9.17) is 0 Å². The normalized spacial score (nSPS) is 18.5. The highest BCUT2D eigenvalue weighted by Crippen LogP contribution is 2.19. The molecule has 0 saturated carbocycles. The zero-order chi connectivity index (χ0) is 19.3. The molecule has 4 heteroatoms. The predicted molar refractivity (Wildman–Crippen MR) is 107 cm³/mol. The third kappa shape index (κ3) is 6.73. The lowest BCUT2D eigenvalue weighted by molar-refractivity contribution is 0.0712. The first-order valence-corrected chi connectivity index (χ1v) is 9.93. The second kappa shape index (κ2) is 9.01. The van der Waals surface area contributed by atoms with Gasteiger partial charge in [-0.1, -0.05) is 26.0 Å². The van der Waals surface area contributed by atoms with Crippen LogP contribution in [0.4, 0.5) is 0 Å². The first-order chi connectivity index (χ1) is 12.1. The van der Waals surface area contributed by atoms with Gasteiger partial charge in [0.15, 0.2) is 0 Å². The van der Waals surface area contributed by atoms with Gasteiger partial charge in [-0.05, 0) is 69.2 Å². The van der Waals surface area contributed by atoms with Gasteiger partial charge in [-0.3, -0.25) is 4.79 Å². The smallest absolute Gasteiger partial charge is 0.253 e. The molecule has 0 bridgehead atoms. The molecule has 0 aromatic heterocycles. The number of carbonyl (C=O) groups is 1. The Morgan fingerprint density at radius 2 is 1.96 bits per heavy atom. The molecule has 146 valence electrons. The van der Waals surface area contributed by atoms with Gasteiger partial charge in [0.25, 0.3) is 5.91 Å². The maximum atomic E-state index is 12.7. The van der Waals surface area contributed by atoms with Crippen molar-refractivity contribution in [2.45, 2.75) is 52.6 Å². The largest absolute Gasteiger partial charge is 0.390 e. The number of aliphatic hydroxyl groups is 1. The van der Waals surface area contributed by atoms with Crippen molar-refractivity contribution in [2.24, 2.45) is 11.8 Å². The van der Waals surface area contributed by atoms with Crippen LogP contribution in [0.2, 0.25) is 0 Å². The van der Waals surface area contributed by atoms with Crippen molar-refractivity contribution in [1.82, 2.24) is 9.80 Å². The topological polar surface area (TPSA) is 43.8 Å². The van der Waals surface area contributed by atoms with E-state index in [2.05, 4.69) is 18.7 Å². The summed E-state index contributed by atoms with van der Waals surface area (Å²) >= 11 is 0. The number of nitrogens with zero attached hydrogens (tertiary/aromatic N) is 2. The van der Waals surface area contributed by atoms with Gasteiger partial charge in [0.2, 0.25) is 0 Å². The van der Waals surface area contributed by atoms with Crippen molar-refractivity contribution in [1.29, 1.82) is 0 Å². The Bertz CT molecular complexity index is 575. The van der Waals surface area contributed by atoms with Crippen LogP contribution < -0.4 is 0 Å². The van der Waals surface area contributed by atoms with E-state index in [0.717, 1.165) is 50.1 Å². The van der Waals surface area contributed by atoms with Gasteiger partial charge in [-0.2, -0.15) is 0 Å². The van der Waals surface area contributed by atoms with Gasteiger partial charge in [-0.25, -0.2) is 0 Å². The summed E-state index contributed by atoms with van der Waals surface area (Å²) in [5.41, 5.74) is 1.25. The molecule has 0 unspecified atom stereocenters. The number of amides is 1. The Labute approximate surface area is 159 Å². The van der Waals surface area contributed by atoms with Crippen LogP contribution in [-0.4, -0.2) is 59.6 Å². The molecule has 1 aromatic carbocycles. The van der Waals surface area contributed by atoms with Gasteiger partial charge in [0.05, 0.1) is 5.60 Å². The monoisotopic (exact) mass is 360 g/mol. The third-order valence-corrected chi connectivity index (χ3v) is 5.10. The summed E-state index contributed by atoms with van der Waals surface area (Å²) in [5, 5.41) is 9.83. The Kier molecular flexibility index (Phi) is 7.24. The number of carbonyl (C=O) groups excluding carboxylic acids is 1. The Hall–Kier alpha value is -1.39. The molecule has 4 nitrogen and oxygen atoms in total. The molecule has 1 saturated heterocycles. The molecule has 1 amide bonds. The summed E-state index contributed by atoms with van der Waals surface area (Å²) in [6.07, 6.45) is 2.72. The molecule has 0 radical (unpaired) electrons. The fraction of sp³-hybridized carbons (Fsp3) is 0.682. The van der Waals surface area contributed by atoms with Gasteiger partial charge in [0, 0.05) is 32.2 Å². The van der Waals surface area contributed by atoms with E-state index in [0.29, 0.717) is 11.8 Å². The lowest BCUT2D eigenvalue weighted by Crippen LogP contribution is -2.33. The second-order valence-electron chi connectivity index (χ2n) is 9.00. The van der Waals surface area contributed by atoms with Gasteiger partial charge < -0.3 is 14.9 Å². The van der Waals surface area contributed by atoms with E-state index in [1.54, 1.807) is 0 Å². The molecule has 0 aliphatic carbocycles. The quantitative estimate of drug-likeness (QED) is 0.772. The van der Waals surface area contributed by atoms with Crippen LogP contribution in [0, 0.1) is 11.8 Å². The molecule has 2 rings (SSSR count). The molecule has 1 aliphatic rings. The molecule has 1 fully saturated rings. The number of rotatable bonds is 8. The van der Waals surface area contributed by atoms with Crippen LogP contribution in [0.5, 0.6) is 0 Å². The van der Waals surface area contributed by atoms with Gasteiger partial charge in [-0.15, -0.1) is 0 Å². The fourth-order valence-electron chi connectivity index (χ4n) is 3.70. The number of hydrogen-bond acceptors (Lipinski definition) is 3. The number of benzene rings is 1. The standard InChI is InChI=1S/C22H36N2O2/c1-17(2)14-24-13-11-19(16-24)15-23(5)21(25)20-8-6-18(7-9-20)10-12-22(3,4)26/h6-9,17,19,26H,10-16H2,1-5H3/t19-/m0/s1. The maximum Gasteiger partial charge on any atom is 0.253 e. The van der Waals surface area contributed by atoms with E-state index < -0.39 is 5.60 Å². The number of hydrogen-bond donors (Lipinski definition) is 1. The van der Waals surface area contributed by atoms with E-state index in [9.17, 15) is 9.90 Å². The van der Waals surface area contributed by atoms with Crippen LogP contribution >= 0.6 is 0 Å². The van der Waals surface area contributed by atoms with Gasteiger partial charge in [0.1, 0.15) is 0 Å². The first kappa shape index (κ1) is 20.9. The summed E-state index contributed by atoms with van der Waals surface area (Å²) in [7, 11) is 1.91. The van der Waals surface area contributed by atoms with Crippen LogP contribution in [0.1, 0.15) is 56.5 Å². The van der Waals surface area contributed by atoms with Crippen LogP contribution in [0.25, 0.3) is 0 Å². The summed E-state index contributed by atoms with van der Waals surface area (Å²) < 4.78 is 0. The van der Waals surface area contributed by atoms with E-state index in [1.807, 2.05) is 50.1 Å². The molecule has 1 aromatic rings. The highest BCUT2D eigenvalue weighted by molar-refractivity contribution is 5.94. The van der Waals surface area contributed by atoms with E-state index in [-0.39, 0.29) is 5.91 Å². The molecule has 1 aliphatic heterocycles. The Balaban J connectivity index is 1.84. The molecule has 1 heterocycles.